The second-order valence-electron chi connectivity index (χ2n) is 3.72. The van der Waals surface area contributed by atoms with E-state index in [1.54, 1.807) is 0 Å². The first-order chi connectivity index (χ1) is 5.66. The monoisotopic (exact) mass is 170 g/mol. The molecule has 0 aromatic carbocycles. The molecule has 0 radical (unpaired) electrons. The molecule has 0 rings (SSSR count). The number of rotatable bonds is 6. The first kappa shape index (κ1) is 11.5. The molecule has 0 saturated heterocycles. The standard InChI is InChI=1S/C11H22O/c1-5-11(4)9-12-8-6-7-10(2)3/h9-10H,5-8H2,1-4H3. The van der Waals surface area contributed by atoms with Crippen molar-refractivity contribution in [3.05, 3.63) is 11.8 Å². The Morgan fingerprint density at radius 1 is 1.42 bits per heavy atom. The third kappa shape index (κ3) is 7.64. The van der Waals surface area contributed by atoms with Crippen LogP contribution in [0.15, 0.2) is 11.8 Å². The van der Waals surface area contributed by atoms with E-state index in [1.807, 2.05) is 6.26 Å². The van der Waals surface area contributed by atoms with Crippen LogP contribution in [0.25, 0.3) is 0 Å². The maximum atomic E-state index is 5.37. The molecule has 72 valence electrons. The van der Waals surface area contributed by atoms with Crippen molar-refractivity contribution < 1.29 is 4.74 Å². The highest BCUT2D eigenvalue weighted by Crippen LogP contribution is 2.04. The lowest BCUT2D eigenvalue weighted by atomic mass is 10.1. The van der Waals surface area contributed by atoms with Crippen molar-refractivity contribution in [1.82, 2.24) is 0 Å². The molecule has 0 atom stereocenters. The molecule has 0 aliphatic carbocycles. The molecule has 0 unspecified atom stereocenters. The Kier molecular flexibility index (Phi) is 6.93. The molecule has 0 bridgehead atoms. The molecule has 0 fully saturated rings. The van der Waals surface area contributed by atoms with Gasteiger partial charge in [0.2, 0.25) is 0 Å². The topological polar surface area (TPSA) is 9.23 Å². The maximum absolute atomic E-state index is 5.37. The first-order valence-corrected chi connectivity index (χ1v) is 4.94. The van der Waals surface area contributed by atoms with Gasteiger partial charge in [-0.3, -0.25) is 0 Å². The summed E-state index contributed by atoms with van der Waals surface area (Å²) in [5.74, 6) is 0.796. The SMILES string of the molecule is CCC(C)=COCCCC(C)C. The van der Waals surface area contributed by atoms with Crippen molar-refractivity contribution in [2.24, 2.45) is 5.92 Å². The zero-order chi connectivity index (χ0) is 9.40. The average molecular weight is 170 g/mol. The zero-order valence-corrected chi connectivity index (χ0v) is 8.89. The predicted octanol–water partition coefficient (Wildman–Crippen LogP) is 3.75. The summed E-state index contributed by atoms with van der Waals surface area (Å²) in [6.07, 6.45) is 5.41. The van der Waals surface area contributed by atoms with Crippen LogP contribution >= 0.6 is 0 Å². The van der Waals surface area contributed by atoms with Crippen molar-refractivity contribution >= 4 is 0 Å². The summed E-state index contributed by atoms with van der Waals surface area (Å²) in [5, 5.41) is 0. The first-order valence-electron chi connectivity index (χ1n) is 4.94. The summed E-state index contributed by atoms with van der Waals surface area (Å²) in [6, 6.07) is 0. The van der Waals surface area contributed by atoms with Gasteiger partial charge in [-0.2, -0.15) is 0 Å². The maximum Gasteiger partial charge on any atom is 0.0873 e. The molecule has 1 heteroatoms. The van der Waals surface area contributed by atoms with E-state index in [1.165, 1.54) is 18.4 Å². The lowest BCUT2D eigenvalue weighted by Crippen LogP contribution is -1.93. The number of allylic oxidation sites excluding steroid dienone is 1. The fourth-order valence-electron chi connectivity index (χ4n) is 0.859. The minimum absolute atomic E-state index is 0.796. The van der Waals surface area contributed by atoms with Gasteiger partial charge in [-0.1, -0.05) is 20.8 Å². The van der Waals surface area contributed by atoms with E-state index in [-0.39, 0.29) is 0 Å². The van der Waals surface area contributed by atoms with Crippen LogP contribution < -0.4 is 0 Å². The Morgan fingerprint density at radius 2 is 2.08 bits per heavy atom. The van der Waals surface area contributed by atoms with Crippen molar-refractivity contribution in [3.63, 3.8) is 0 Å². The molecule has 0 amide bonds. The van der Waals surface area contributed by atoms with Crippen LogP contribution in [0.2, 0.25) is 0 Å². The number of hydrogen-bond acceptors (Lipinski definition) is 1. The Hall–Kier alpha value is -0.460. The fourth-order valence-corrected chi connectivity index (χ4v) is 0.859. The van der Waals surface area contributed by atoms with Crippen LogP contribution in [0.3, 0.4) is 0 Å². The van der Waals surface area contributed by atoms with Crippen LogP contribution in [-0.4, -0.2) is 6.61 Å². The second kappa shape index (κ2) is 7.20. The third-order valence-corrected chi connectivity index (χ3v) is 1.89. The third-order valence-electron chi connectivity index (χ3n) is 1.89. The van der Waals surface area contributed by atoms with Crippen LogP contribution in [0.5, 0.6) is 0 Å². The summed E-state index contributed by atoms with van der Waals surface area (Å²) >= 11 is 0. The van der Waals surface area contributed by atoms with Gasteiger partial charge in [0.05, 0.1) is 12.9 Å². The number of hydrogen-bond donors (Lipinski definition) is 0. The molecule has 0 aromatic heterocycles. The normalized spacial score (nSPS) is 12.2. The van der Waals surface area contributed by atoms with Crippen molar-refractivity contribution in [2.75, 3.05) is 6.61 Å². The highest BCUT2D eigenvalue weighted by atomic mass is 16.5. The van der Waals surface area contributed by atoms with Gasteiger partial charge in [-0.25, -0.2) is 0 Å². The summed E-state index contributed by atoms with van der Waals surface area (Å²) < 4.78 is 5.37. The van der Waals surface area contributed by atoms with Crippen LogP contribution in [0.1, 0.15) is 47.0 Å². The Labute approximate surface area is 76.8 Å². The molecular weight excluding hydrogens is 148 g/mol. The van der Waals surface area contributed by atoms with Crippen molar-refractivity contribution in [2.45, 2.75) is 47.0 Å². The molecule has 0 N–H and O–H groups in total. The van der Waals surface area contributed by atoms with Crippen LogP contribution in [0.4, 0.5) is 0 Å². The van der Waals surface area contributed by atoms with E-state index in [0.29, 0.717) is 0 Å². The van der Waals surface area contributed by atoms with E-state index < -0.39 is 0 Å². The molecule has 12 heavy (non-hydrogen) atoms. The van der Waals surface area contributed by atoms with Crippen LogP contribution in [-0.2, 0) is 4.74 Å². The molecule has 0 aromatic rings. The lowest BCUT2D eigenvalue weighted by Gasteiger charge is -2.04. The summed E-state index contributed by atoms with van der Waals surface area (Å²) in [7, 11) is 0. The van der Waals surface area contributed by atoms with E-state index in [4.69, 9.17) is 4.74 Å². The largest absolute Gasteiger partial charge is 0.501 e. The predicted molar refractivity (Wildman–Crippen MR) is 54.1 cm³/mol. The van der Waals surface area contributed by atoms with Gasteiger partial charge in [0.15, 0.2) is 0 Å². The molecule has 1 nitrogen and oxygen atoms in total. The molecule has 0 aliphatic heterocycles. The van der Waals surface area contributed by atoms with Gasteiger partial charge in [-0.15, -0.1) is 0 Å². The minimum Gasteiger partial charge on any atom is -0.501 e. The highest BCUT2D eigenvalue weighted by molar-refractivity contribution is 4.90. The highest BCUT2D eigenvalue weighted by Gasteiger charge is 1.92. The second-order valence-corrected chi connectivity index (χ2v) is 3.72. The van der Waals surface area contributed by atoms with E-state index in [9.17, 15) is 0 Å². The van der Waals surface area contributed by atoms with Gasteiger partial charge in [-0.05, 0) is 37.7 Å². The van der Waals surface area contributed by atoms with Crippen molar-refractivity contribution in [1.29, 1.82) is 0 Å². The Morgan fingerprint density at radius 3 is 2.58 bits per heavy atom. The zero-order valence-electron chi connectivity index (χ0n) is 8.89. The van der Waals surface area contributed by atoms with Crippen molar-refractivity contribution in [3.8, 4) is 0 Å². The quantitative estimate of drug-likeness (QED) is 0.435. The Balaban J connectivity index is 3.21. The minimum atomic E-state index is 0.796. The van der Waals surface area contributed by atoms with E-state index in [2.05, 4.69) is 27.7 Å². The van der Waals surface area contributed by atoms with E-state index in [0.717, 1.165) is 18.9 Å². The summed E-state index contributed by atoms with van der Waals surface area (Å²) in [5.41, 5.74) is 1.32. The van der Waals surface area contributed by atoms with Crippen LogP contribution in [0, 0.1) is 5.92 Å². The fraction of sp³-hybridized carbons (Fsp3) is 0.818. The molecular formula is C11H22O. The molecule has 0 saturated carbocycles. The van der Waals surface area contributed by atoms with Gasteiger partial charge in [0.25, 0.3) is 0 Å². The molecule has 0 aliphatic rings. The Bertz CT molecular complexity index is 125. The summed E-state index contributed by atoms with van der Waals surface area (Å²) in [6.45, 7) is 9.60. The van der Waals surface area contributed by atoms with Gasteiger partial charge >= 0.3 is 0 Å². The lowest BCUT2D eigenvalue weighted by molar-refractivity contribution is 0.233. The summed E-state index contributed by atoms with van der Waals surface area (Å²) in [4.78, 5) is 0. The molecule has 0 spiro atoms. The van der Waals surface area contributed by atoms with Gasteiger partial charge in [0.1, 0.15) is 0 Å². The smallest absolute Gasteiger partial charge is 0.0873 e. The molecule has 0 heterocycles. The van der Waals surface area contributed by atoms with Gasteiger partial charge < -0.3 is 4.74 Å². The average Bonchev–Trinajstić information content (AvgIpc) is 2.03. The van der Waals surface area contributed by atoms with Gasteiger partial charge in [0, 0.05) is 0 Å². The number of ether oxygens (including phenoxy) is 1. The van der Waals surface area contributed by atoms with E-state index >= 15 is 0 Å².